The minimum absolute atomic E-state index is 0.176. The van der Waals surface area contributed by atoms with Crippen LogP contribution in [0.25, 0.3) is 0 Å². The molecular formula is C12H21NO2S. The second-order valence-corrected chi connectivity index (χ2v) is 5.31. The van der Waals surface area contributed by atoms with Gasteiger partial charge >= 0.3 is 0 Å². The minimum Gasteiger partial charge on any atom is -0.213 e. The van der Waals surface area contributed by atoms with Crippen LogP contribution in [0.5, 0.6) is 0 Å². The van der Waals surface area contributed by atoms with Gasteiger partial charge in [0.15, 0.2) is 0 Å². The Balaban J connectivity index is 0.00000106. The molecule has 0 heterocycles. The molecule has 0 bridgehead atoms. The Morgan fingerprint density at radius 2 is 1.81 bits per heavy atom. The fraction of sp³-hybridized carbons (Fsp3) is 0.500. The molecule has 0 aliphatic carbocycles. The summed E-state index contributed by atoms with van der Waals surface area (Å²) in [5.41, 5.74) is 2.11. The molecule has 1 aromatic carbocycles. The summed E-state index contributed by atoms with van der Waals surface area (Å²) in [5, 5.41) is 0. The second kappa shape index (κ2) is 6.66. The number of hydrogen-bond donors (Lipinski definition) is 1. The van der Waals surface area contributed by atoms with Crippen molar-refractivity contribution >= 4 is 10.0 Å². The Bertz CT molecular complexity index is 413. The molecular weight excluding hydrogens is 222 g/mol. The van der Waals surface area contributed by atoms with Crippen molar-refractivity contribution in [3.8, 4) is 0 Å². The Morgan fingerprint density at radius 3 is 2.25 bits per heavy atom. The van der Waals surface area contributed by atoms with Crippen LogP contribution in [0.4, 0.5) is 0 Å². The van der Waals surface area contributed by atoms with Gasteiger partial charge in [0.2, 0.25) is 10.0 Å². The third kappa shape index (κ3) is 5.88. The summed E-state index contributed by atoms with van der Waals surface area (Å²) >= 11 is 0. The molecule has 1 rings (SSSR count). The van der Waals surface area contributed by atoms with E-state index in [0.717, 1.165) is 11.1 Å². The summed E-state index contributed by atoms with van der Waals surface area (Å²) in [6, 6.07) is 7.62. The quantitative estimate of drug-likeness (QED) is 0.887. The topological polar surface area (TPSA) is 46.2 Å². The lowest BCUT2D eigenvalue weighted by atomic mass is 10.1. The number of benzene rings is 1. The van der Waals surface area contributed by atoms with E-state index in [2.05, 4.69) is 4.72 Å². The maximum Gasteiger partial charge on any atom is 0.209 e. The Morgan fingerprint density at radius 1 is 1.25 bits per heavy atom. The molecule has 0 radical (unpaired) electrons. The van der Waals surface area contributed by atoms with Gasteiger partial charge in [0.25, 0.3) is 0 Å². The zero-order valence-electron chi connectivity index (χ0n) is 10.6. The molecule has 0 saturated heterocycles. The maximum atomic E-state index is 11.0. The predicted molar refractivity (Wildman–Crippen MR) is 68.9 cm³/mol. The molecule has 92 valence electrons. The molecule has 1 N–H and O–H groups in total. The highest BCUT2D eigenvalue weighted by Gasteiger charge is 2.10. The molecule has 0 aliphatic heterocycles. The van der Waals surface area contributed by atoms with Crippen LogP contribution in [-0.4, -0.2) is 14.7 Å². The Kier molecular flexibility index (Phi) is 6.29. The second-order valence-electron chi connectivity index (χ2n) is 3.53. The Hall–Kier alpha value is -0.870. The fourth-order valence-electron chi connectivity index (χ4n) is 1.33. The van der Waals surface area contributed by atoms with Crippen molar-refractivity contribution in [3.05, 3.63) is 35.4 Å². The molecule has 0 spiro atoms. The SMILES string of the molecule is CC.Cc1cccc(C(C)NS(C)(=O)=O)c1. The molecule has 16 heavy (non-hydrogen) atoms. The van der Waals surface area contributed by atoms with Gasteiger partial charge in [0.1, 0.15) is 0 Å². The average Bonchev–Trinajstić information content (AvgIpc) is 2.18. The van der Waals surface area contributed by atoms with Crippen LogP contribution in [0.15, 0.2) is 24.3 Å². The van der Waals surface area contributed by atoms with E-state index in [4.69, 9.17) is 0 Å². The maximum absolute atomic E-state index is 11.0. The van der Waals surface area contributed by atoms with E-state index in [1.54, 1.807) is 0 Å². The van der Waals surface area contributed by atoms with Gasteiger partial charge in [0, 0.05) is 6.04 Å². The van der Waals surface area contributed by atoms with Crippen LogP contribution in [0.3, 0.4) is 0 Å². The van der Waals surface area contributed by atoms with Crippen molar-refractivity contribution in [2.24, 2.45) is 0 Å². The van der Waals surface area contributed by atoms with Gasteiger partial charge in [-0.15, -0.1) is 0 Å². The van der Waals surface area contributed by atoms with Crippen molar-refractivity contribution < 1.29 is 8.42 Å². The van der Waals surface area contributed by atoms with Crippen LogP contribution < -0.4 is 4.72 Å². The highest BCUT2D eigenvalue weighted by atomic mass is 32.2. The third-order valence-corrected chi connectivity index (χ3v) is 2.71. The number of hydrogen-bond acceptors (Lipinski definition) is 2. The number of aryl methyl sites for hydroxylation is 1. The zero-order chi connectivity index (χ0) is 12.8. The molecule has 0 aromatic heterocycles. The Labute approximate surface area is 98.9 Å². The van der Waals surface area contributed by atoms with Gasteiger partial charge in [-0.3, -0.25) is 0 Å². The summed E-state index contributed by atoms with van der Waals surface area (Å²) in [7, 11) is -3.13. The first-order chi connectivity index (χ1) is 7.38. The van der Waals surface area contributed by atoms with E-state index < -0.39 is 10.0 Å². The predicted octanol–water partition coefficient (Wildman–Crippen LogP) is 2.63. The molecule has 3 nitrogen and oxygen atoms in total. The lowest BCUT2D eigenvalue weighted by Gasteiger charge is -2.12. The van der Waals surface area contributed by atoms with Gasteiger partial charge in [-0.1, -0.05) is 43.7 Å². The number of rotatable bonds is 3. The normalized spacial score (nSPS) is 12.6. The van der Waals surface area contributed by atoms with Crippen LogP contribution in [0.1, 0.15) is 37.9 Å². The molecule has 1 aromatic rings. The van der Waals surface area contributed by atoms with E-state index in [0.29, 0.717) is 0 Å². The molecule has 0 saturated carbocycles. The summed E-state index contributed by atoms with van der Waals surface area (Å²) < 4.78 is 24.5. The largest absolute Gasteiger partial charge is 0.213 e. The molecule has 1 unspecified atom stereocenters. The number of nitrogens with one attached hydrogen (secondary N) is 1. The van der Waals surface area contributed by atoms with Crippen LogP contribution >= 0.6 is 0 Å². The first kappa shape index (κ1) is 15.1. The lowest BCUT2D eigenvalue weighted by molar-refractivity contribution is 0.573. The monoisotopic (exact) mass is 243 g/mol. The van der Waals surface area contributed by atoms with E-state index in [9.17, 15) is 8.42 Å². The minimum atomic E-state index is -3.13. The van der Waals surface area contributed by atoms with E-state index >= 15 is 0 Å². The smallest absolute Gasteiger partial charge is 0.209 e. The van der Waals surface area contributed by atoms with Crippen LogP contribution in [0.2, 0.25) is 0 Å². The molecule has 0 fully saturated rings. The van der Waals surface area contributed by atoms with E-state index in [1.165, 1.54) is 6.26 Å². The summed E-state index contributed by atoms with van der Waals surface area (Å²) in [6.07, 6.45) is 1.17. The first-order valence-electron chi connectivity index (χ1n) is 5.42. The first-order valence-corrected chi connectivity index (χ1v) is 7.31. The highest BCUT2D eigenvalue weighted by Crippen LogP contribution is 2.14. The summed E-state index contributed by atoms with van der Waals surface area (Å²) in [6.45, 7) is 7.81. The lowest BCUT2D eigenvalue weighted by Crippen LogP contribution is -2.25. The van der Waals surface area contributed by atoms with Gasteiger partial charge in [-0.25, -0.2) is 13.1 Å². The average molecular weight is 243 g/mol. The summed E-state index contributed by atoms with van der Waals surface area (Å²) in [4.78, 5) is 0. The molecule has 4 heteroatoms. The highest BCUT2D eigenvalue weighted by molar-refractivity contribution is 7.88. The van der Waals surface area contributed by atoms with E-state index in [1.807, 2.05) is 52.0 Å². The van der Waals surface area contributed by atoms with Crippen molar-refractivity contribution in [1.82, 2.24) is 4.72 Å². The molecule has 0 aliphatic rings. The van der Waals surface area contributed by atoms with Crippen molar-refractivity contribution in [2.75, 3.05) is 6.26 Å². The number of sulfonamides is 1. The van der Waals surface area contributed by atoms with Crippen molar-refractivity contribution in [1.29, 1.82) is 0 Å². The van der Waals surface area contributed by atoms with E-state index in [-0.39, 0.29) is 6.04 Å². The van der Waals surface area contributed by atoms with Crippen LogP contribution in [-0.2, 0) is 10.0 Å². The zero-order valence-corrected chi connectivity index (χ0v) is 11.4. The summed E-state index contributed by atoms with van der Waals surface area (Å²) in [5.74, 6) is 0. The molecule has 1 atom stereocenters. The van der Waals surface area contributed by atoms with Crippen LogP contribution in [0, 0.1) is 6.92 Å². The van der Waals surface area contributed by atoms with Gasteiger partial charge in [-0.2, -0.15) is 0 Å². The fourth-order valence-corrected chi connectivity index (χ4v) is 2.11. The van der Waals surface area contributed by atoms with Gasteiger partial charge in [-0.05, 0) is 19.4 Å². The molecule has 0 amide bonds. The van der Waals surface area contributed by atoms with Crippen molar-refractivity contribution in [2.45, 2.75) is 33.7 Å². The standard InChI is InChI=1S/C10H15NO2S.C2H6/c1-8-5-4-6-10(7-8)9(2)11-14(3,12)13;1-2/h4-7,9,11H,1-3H3;1-2H3. The van der Waals surface area contributed by atoms with Gasteiger partial charge in [0.05, 0.1) is 6.26 Å². The van der Waals surface area contributed by atoms with Crippen molar-refractivity contribution in [3.63, 3.8) is 0 Å². The third-order valence-electron chi connectivity index (χ3n) is 1.93. The van der Waals surface area contributed by atoms with Gasteiger partial charge < -0.3 is 0 Å².